The van der Waals surface area contributed by atoms with Crippen LogP contribution >= 0.6 is 0 Å². The monoisotopic (exact) mass is 450 g/mol. The Morgan fingerprint density at radius 3 is 2.42 bits per heavy atom. The molecule has 0 aromatic carbocycles. The molecule has 1 aliphatic heterocycles. The van der Waals surface area contributed by atoms with Crippen molar-refractivity contribution in [3.8, 4) is 5.82 Å². The molecular formula is C22H26N8O3. The van der Waals surface area contributed by atoms with E-state index >= 15 is 0 Å². The van der Waals surface area contributed by atoms with Gasteiger partial charge in [-0.1, -0.05) is 0 Å². The van der Waals surface area contributed by atoms with Gasteiger partial charge in [-0.15, -0.1) is 0 Å². The number of nitrogens with zero attached hydrogens (tertiary/aromatic N) is 8. The predicted molar refractivity (Wildman–Crippen MR) is 121 cm³/mol. The second-order valence-electron chi connectivity index (χ2n) is 9.42. The first-order valence-electron chi connectivity index (χ1n) is 10.7. The van der Waals surface area contributed by atoms with Gasteiger partial charge in [-0.25, -0.2) is 14.5 Å². The van der Waals surface area contributed by atoms with Gasteiger partial charge in [-0.2, -0.15) is 5.10 Å². The Labute approximate surface area is 189 Å². The smallest absolute Gasteiger partial charge is 0.331 e. The third-order valence-corrected chi connectivity index (χ3v) is 6.09. The molecule has 0 N–H and O–H groups in total. The molecule has 5 heterocycles. The van der Waals surface area contributed by atoms with E-state index in [2.05, 4.69) is 25.8 Å². The summed E-state index contributed by atoms with van der Waals surface area (Å²) >= 11 is 0. The zero-order valence-electron chi connectivity index (χ0n) is 19.3. The maximum atomic E-state index is 13.2. The quantitative estimate of drug-likeness (QED) is 0.457. The first kappa shape index (κ1) is 21.0. The highest BCUT2D eigenvalue weighted by molar-refractivity contribution is 5.79. The molecule has 172 valence electrons. The van der Waals surface area contributed by atoms with Crippen molar-refractivity contribution in [1.82, 2.24) is 37.9 Å². The number of aromatic nitrogens is 7. The lowest BCUT2D eigenvalue weighted by molar-refractivity contribution is -0.132. The summed E-state index contributed by atoms with van der Waals surface area (Å²) in [7, 11) is 2.97. The minimum absolute atomic E-state index is 0.0493. The largest absolute Gasteiger partial charge is 0.332 e. The van der Waals surface area contributed by atoms with E-state index in [1.807, 2.05) is 33.8 Å². The van der Waals surface area contributed by atoms with Gasteiger partial charge in [0.2, 0.25) is 5.91 Å². The second kappa shape index (κ2) is 7.06. The molecule has 0 bridgehead atoms. The van der Waals surface area contributed by atoms with Gasteiger partial charge in [0.25, 0.3) is 5.56 Å². The molecule has 11 heteroatoms. The molecule has 11 nitrogen and oxygen atoms in total. The van der Waals surface area contributed by atoms with Crippen molar-refractivity contribution in [2.45, 2.75) is 45.9 Å². The summed E-state index contributed by atoms with van der Waals surface area (Å²) in [6.07, 6.45) is 5.38. The number of hydrogen-bond donors (Lipinski definition) is 0. The fourth-order valence-corrected chi connectivity index (χ4v) is 4.35. The number of imidazole rings is 1. The Morgan fingerprint density at radius 2 is 1.76 bits per heavy atom. The Kier molecular flexibility index (Phi) is 4.49. The van der Waals surface area contributed by atoms with Gasteiger partial charge in [0.1, 0.15) is 12.4 Å². The van der Waals surface area contributed by atoms with Crippen LogP contribution in [0.15, 0.2) is 40.4 Å². The predicted octanol–water partition coefficient (Wildman–Crippen LogP) is 0.718. The molecule has 4 aromatic heterocycles. The van der Waals surface area contributed by atoms with E-state index in [4.69, 9.17) is 5.10 Å². The van der Waals surface area contributed by atoms with Crippen LogP contribution in [-0.2, 0) is 44.1 Å². The number of aryl methyl sites for hydroxylation is 1. The average Bonchev–Trinajstić information content (AvgIpc) is 3.52. The SMILES string of the molecule is Cn1c(=O)c2c(ncn2CC(=O)N2Cc3nn(C(C)(C)C)c(-n4cccc4)c3C2)n(C)c1=O. The van der Waals surface area contributed by atoms with Crippen molar-refractivity contribution >= 4 is 17.1 Å². The normalized spacial score (nSPS) is 13.8. The molecule has 33 heavy (non-hydrogen) atoms. The van der Waals surface area contributed by atoms with Crippen LogP contribution in [0.25, 0.3) is 17.0 Å². The molecule has 0 unspecified atom stereocenters. The van der Waals surface area contributed by atoms with E-state index in [1.165, 1.54) is 22.5 Å². The maximum Gasteiger partial charge on any atom is 0.332 e. The van der Waals surface area contributed by atoms with Crippen molar-refractivity contribution in [3.05, 3.63) is 62.9 Å². The van der Waals surface area contributed by atoms with E-state index in [-0.39, 0.29) is 29.2 Å². The number of carbonyl (C=O) groups excluding carboxylic acids is 1. The van der Waals surface area contributed by atoms with Crippen LogP contribution in [0.4, 0.5) is 0 Å². The fraction of sp³-hybridized carbons (Fsp3) is 0.409. The van der Waals surface area contributed by atoms with Crippen LogP contribution in [0.5, 0.6) is 0 Å². The number of hydrogen-bond acceptors (Lipinski definition) is 5. The lowest BCUT2D eigenvalue weighted by atomic mass is 10.1. The van der Waals surface area contributed by atoms with Gasteiger partial charge < -0.3 is 14.0 Å². The highest BCUT2D eigenvalue weighted by Gasteiger charge is 2.33. The maximum absolute atomic E-state index is 13.2. The van der Waals surface area contributed by atoms with Crippen molar-refractivity contribution in [2.24, 2.45) is 14.1 Å². The minimum atomic E-state index is -0.473. The Hall–Kier alpha value is -3.89. The zero-order valence-corrected chi connectivity index (χ0v) is 19.3. The molecular weight excluding hydrogens is 424 g/mol. The minimum Gasteiger partial charge on any atom is -0.331 e. The van der Waals surface area contributed by atoms with E-state index in [1.54, 1.807) is 11.9 Å². The van der Waals surface area contributed by atoms with Crippen molar-refractivity contribution in [1.29, 1.82) is 0 Å². The molecule has 1 amide bonds. The van der Waals surface area contributed by atoms with Gasteiger partial charge in [-0.05, 0) is 32.9 Å². The van der Waals surface area contributed by atoms with E-state index < -0.39 is 11.2 Å². The molecule has 0 fully saturated rings. The highest BCUT2D eigenvalue weighted by atomic mass is 16.2. The summed E-state index contributed by atoms with van der Waals surface area (Å²) < 4.78 is 7.88. The number of fused-ring (bicyclic) bond motifs is 2. The lowest BCUT2D eigenvalue weighted by Gasteiger charge is -2.24. The fourth-order valence-electron chi connectivity index (χ4n) is 4.35. The van der Waals surface area contributed by atoms with E-state index in [9.17, 15) is 14.4 Å². The summed E-state index contributed by atoms with van der Waals surface area (Å²) in [4.78, 5) is 44.0. The molecule has 4 aromatic rings. The third kappa shape index (κ3) is 3.14. The molecule has 0 saturated carbocycles. The standard InChI is InChI=1S/C22H26N8O3/c1-22(2,3)30-19(27-8-6-7-9-27)14-10-28(11-15(14)24-30)16(31)12-29-13-23-18-17(29)20(32)26(5)21(33)25(18)4/h6-9,13H,10-12H2,1-5H3. The zero-order chi connectivity index (χ0) is 23.7. The highest BCUT2D eigenvalue weighted by Crippen LogP contribution is 2.32. The number of amides is 1. The molecule has 0 radical (unpaired) electrons. The topological polar surface area (TPSA) is 105 Å². The van der Waals surface area contributed by atoms with Gasteiger partial charge >= 0.3 is 5.69 Å². The molecule has 0 atom stereocenters. The van der Waals surface area contributed by atoms with Crippen LogP contribution in [0.2, 0.25) is 0 Å². The summed E-state index contributed by atoms with van der Waals surface area (Å²) in [5, 5.41) is 4.84. The average molecular weight is 451 g/mol. The molecule has 0 spiro atoms. The summed E-state index contributed by atoms with van der Waals surface area (Å²) in [6, 6.07) is 3.92. The summed E-state index contributed by atoms with van der Waals surface area (Å²) in [5.41, 5.74) is 1.23. The number of rotatable bonds is 3. The van der Waals surface area contributed by atoms with Gasteiger partial charge in [0.15, 0.2) is 11.2 Å². The van der Waals surface area contributed by atoms with Crippen LogP contribution in [0, 0.1) is 0 Å². The summed E-state index contributed by atoms with van der Waals surface area (Å²) in [5.74, 6) is 0.804. The number of carbonyl (C=O) groups is 1. The van der Waals surface area contributed by atoms with Crippen LogP contribution < -0.4 is 11.2 Å². The molecule has 0 saturated heterocycles. The van der Waals surface area contributed by atoms with Crippen LogP contribution in [0.1, 0.15) is 32.0 Å². The molecule has 1 aliphatic rings. The lowest BCUT2D eigenvalue weighted by Crippen LogP contribution is -2.38. The van der Waals surface area contributed by atoms with E-state index in [0.29, 0.717) is 13.1 Å². The first-order valence-corrected chi connectivity index (χ1v) is 10.7. The summed E-state index contributed by atoms with van der Waals surface area (Å²) in [6.45, 7) is 7.08. The van der Waals surface area contributed by atoms with Gasteiger partial charge in [-0.3, -0.25) is 18.7 Å². The van der Waals surface area contributed by atoms with Crippen LogP contribution in [-0.4, -0.2) is 43.8 Å². The van der Waals surface area contributed by atoms with Crippen molar-refractivity contribution in [2.75, 3.05) is 0 Å². The molecule has 0 aliphatic carbocycles. The van der Waals surface area contributed by atoms with Gasteiger partial charge in [0, 0.05) is 32.1 Å². The third-order valence-electron chi connectivity index (χ3n) is 6.09. The van der Waals surface area contributed by atoms with Gasteiger partial charge in [0.05, 0.1) is 30.6 Å². The Bertz CT molecular complexity index is 1510. The first-order chi connectivity index (χ1) is 15.6. The van der Waals surface area contributed by atoms with E-state index in [0.717, 1.165) is 21.6 Å². The van der Waals surface area contributed by atoms with Crippen molar-refractivity contribution < 1.29 is 4.79 Å². The van der Waals surface area contributed by atoms with Crippen molar-refractivity contribution in [3.63, 3.8) is 0 Å². The van der Waals surface area contributed by atoms with Crippen LogP contribution in [0.3, 0.4) is 0 Å². The molecule has 5 rings (SSSR count). The Balaban J connectivity index is 1.47. The second-order valence-corrected chi connectivity index (χ2v) is 9.42. The Morgan fingerprint density at radius 1 is 1.06 bits per heavy atom.